The van der Waals surface area contributed by atoms with Crippen LogP contribution in [-0.2, 0) is 6.54 Å². The lowest BCUT2D eigenvalue weighted by molar-refractivity contribution is 0.315. The van der Waals surface area contributed by atoms with Gasteiger partial charge in [0.15, 0.2) is 0 Å². The smallest absolute Gasteiger partial charge is 0.140 e. The average molecular weight is 212 g/mol. The van der Waals surface area contributed by atoms with E-state index in [9.17, 15) is 0 Å². The van der Waals surface area contributed by atoms with Gasteiger partial charge < -0.3 is 16.3 Å². The van der Waals surface area contributed by atoms with Crippen molar-refractivity contribution >= 4 is 5.84 Å². The van der Waals surface area contributed by atoms with Crippen LogP contribution >= 0.6 is 0 Å². The van der Waals surface area contributed by atoms with Gasteiger partial charge in [0, 0.05) is 25.2 Å². The molecule has 15 heavy (non-hydrogen) atoms. The third kappa shape index (κ3) is 4.41. The van der Waals surface area contributed by atoms with Gasteiger partial charge in [0.2, 0.25) is 0 Å². The SMILES string of the molecule is CC(C/C(N)=N/O)NCCn1ccnn1. The summed E-state index contributed by atoms with van der Waals surface area (Å²) < 4.78 is 1.74. The van der Waals surface area contributed by atoms with Crippen molar-refractivity contribution in [1.29, 1.82) is 0 Å². The molecular formula is C8H16N6O. The Balaban J connectivity index is 2.14. The molecule has 0 saturated carbocycles. The molecule has 7 nitrogen and oxygen atoms in total. The Morgan fingerprint density at radius 2 is 2.53 bits per heavy atom. The molecule has 0 saturated heterocycles. The Hall–Kier alpha value is -1.63. The highest BCUT2D eigenvalue weighted by Gasteiger charge is 2.03. The van der Waals surface area contributed by atoms with Gasteiger partial charge >= 0.3 is 0 Å². The predicted molar refractivity (Wildman–Crippen MR) is 55.5 cm³/mol. The van der Waals surface area contributed by atoms with E-state index in [0.29, 0.717) is 6.42 Å². The Labute approximate surface area is 87.9 Å². The summed E-state index contributed by atoms with van der Waals surface area (Å²) in [7, 11) is 0. The number of hydrogen-bond donors (Lipinski definition) is 3. The molecule has 1 aromatic heterocycles. The van der Waals surface area contributed by atoms with E-state index in [4.69, 9.17) is 10.9 Å². The Morgan fingerprint density at radius 3 is 3.13 bits per heavy atom. The number of aromatic nitrogens is 3. The second-order valence-corrected chi connectivity index (χ2v) is 3.32. The maximum Gasteiger partial charge on any atom is 0.140 e. The van der Waals surface area contributed by atoms with Crippen LogP contribution in [0.5, 0.6) is 0 Å². The quantitative estimate of drug-likeness (QED) is 0.253. The van der Waals surface area contributed by atoms with Crippen molar-refractivity contribution < 1.29 is 5.21 Å². The van der Waals surface area contributed by atoms with E-state index in [1.807, 2.05) is 6.92 Å². The summed E-state index contributed by atoms with van der Waals surface area (Å²) in [5, 5.41) is 22.0. The molecule has 4 N–H and O–H groups in total. The summed E-state index contributed by atoms with van der Waals surface area (Å²) in [6, 6.07) is 0.171. The molecule has 0 aromatic carbocycles. The number of oxime groups is 1. The van der Waals surface area contributed by atoms with Crippen molar-refractivity contribution in [1.82, 2.24) is 20.3 Å². The number of nitrogens with one attached hydrogen (secondary N) is 1. The molecule has 1 heterocycles. The van der Waals surface area contributed by atoms with Gasteiger partial charge in [-0.05, 0) is 6.92 Å². The zero-order chi connectivity index (χ0) is 11.1. The minimum atomic E-state index is 0.171. The van der Waals surface area contributed by atoms with Gasteiger partial charge in [-0.1, -0.05) is 10.4 Å². The predicted octanol–water partition coefficient (Wildman–Crippen LogP) is -0.607. The normalized spacial score (nSPS) is 14.1. The van der Waals surface area contributed by atoms with Crippen molar-refractivity contribution in [3.8, 4) is 0 Å². The van der Waals surface area contributed by atoms with E-state index in [-0.39, 0.29) is 11.9 Å². The maximum absolute atomic E-state index is 8.37. The summed E-state index contributed by atoms with van der Waals surface area (Å²) in [6.07, 6.45) is 3.96. The summed E-state index contributed by atoms with van der Waals surface area (Å²) in [6.45, 7) is 3.49. The lowest BCUT2D eigenvalue weighted by Crippen LogP contribution is -2.33. The van der Waals surface area contributed by atoms with E-state index >= 15 is 0 Å². The zero-order valence-corrected chi connectivity index (χ0v) is 8.67. The van der Waals surface area contributed by atoms with Crippen LogP contribution in [0.2, 0.25) is 0 Å². The summed E-state index contributed by atoms with van der Waals surface area (Å²) in [4.78, 5) is 0. The topological polar surface area (TPSA) is 101 Å². The molecule has 0 spiro atoms. The van der Waals surface area contributed by atoms with Gasteiger partial charge in [-0.15, -0.1) is 5.10 Å². The molecule has 7 heteroatoms. The van der Waals surface area contributed by atoms with Crippen molar-refractivity contribution in [2.24, 2.45) is 10.9 Å². The molecule has 1 rings (SSSR count). The molecule has 0 aliphatic carbocycles. The van der Waals surface area contributed by atoms with Crippen LogP contribution in [0.15, 0.2) is 17.5 Å². The van der Waals surface area contributed by atoms with E-state index in [1.54, 1.807) is 17.1 Å². The zero-order valence-electron chi connectivity index (χ0n) is 8.67. The summed E-state index contributed by atoms with van der Waals surface area (Å²) in [5.41, 5.74) is 5.37. The van der Waals surface area contributed by atoms with Crippen LogP contribution in [0.25, 0.3) is 0 Å². The molecule has 0 aliphatic rings. The lowest BCUT2D eigenvalue weighted by Gasteiger charge is -2.12. The first-order valence-corrected chi connectivity index (χ1v) is 4.76. The van der Waals surface area contributed by atoms with Gasteiger partial charge in [0.05, 0.1) is 12.7 Å². The van der Waals surface area contributed by atoms with Crippen LogP contribution in [0, 0.1) is 0 Å². The van der Waals surface area contributed by atoms with Crippen LogP contribution in [0.4, 0.5) is 0 Å². The standard InChI is InChI=1S/C8H16N6O/c1-7(6-8(9)12-15)10-2-4-14-5-3-11-13-14/h3,5,7,10,15H,2,4,6H2,1H3,(H2,9,12). The lowest BCUT2D eigenvalue weighted by atomic mass is 10.2. The largest absolute Gasteiger partial charge is 0.409 e. The van der Waals surface area contributed by atoms with Crippen molar-refractivity contribution in [3.63, 3.8) is 0 Å². The Morgan fingerprint density at radius 1 is 1.73 bits per heavy atom. The van der Waals surface area contributed by atoms with E-state index in [2.05, 4.69) is 20.8 Å². The number of rotatable bonds is 6. The molecular weight excluding hydrogens is 196 g/mol. The van der Waals surface area contributed by atoms with E-state index < -0.39 is 0 Å². The monoisotopic (exact) mass is 212 g/mol. The average Bonchev–Trinajstić information content (AvgIpc) is 2.70. The molecule has 0 fully saturated rings. The third-order valence-electron chi connectivity index (χ3n) is 1.95. The van der Waals surface area contributed by atoms with Gasteiger partial charge in [-0.25, -0.2) is 0 Å². The minimum Gasteiger partial charge on any atom is -0.409 e. The molecule has 84 valence electrons. The first-order valence-electron chi connectivity index (χ1n) is 4.76. The number of nitrogens with zero attached hydrogens (tertiary/aromatic N) is 4. The number of hydrogen-bond acceptors (Lipinski definition) is 5. The van der Waals surface area contributed by atoms with Gasteiger partial charge in [0.25, 0.3) is 0 Å². The Kier molecular flexibility index (Phi) is 4.55. The highest BCUT2D eigenvalue weighted by molar-refractivity contribution is 5.80. The van der Waals surface area contributed by atoms with Gasteiger partial charge in [-0.2, -0.15) is 0 Å². The highest BCUT2D eigenvalue weighted by Crippen LogP contribution is 1.90. The molecule has 0 radical (unpaired) electrons. The fourth-order valence-corrected chi connectivity index (χ4v) is 1.20. The van der Waals surface area contributed by atoms with Crippen LogP contribution in [-0.4, -0.2) is 38.6 Å². The fourth-order valence-electron chi connectivity index (χ4n) is 1.20. The fraction of sp³-hybridized carbons (Fsp3) is 0.625. The molecule has 1 unspecified atom stereocenters. The van der Waals surface area contributed by atoms with E-state index in [1.165, 1.54) is 0 Å². The highest BCUT2D eigenvalue weighted by atomic mass is 16.4. The van der Waals surface area contributed by atoms with Crippen molar-refractivity contribution in [3.05, 3.63) is 12.4 Å². The molecule has 1 atom stereocenters. The maximum atomic E-state index is 8.37. The van der Waals surface area contributed by atoms with E-state index in [0.717, 1.165) is 13.1 Å². The third-order valence-corrected chi connectivity index (χ3v) is 1.95. The summed E-state index contributed by atoms with van der Waals surface area (Å²) in [5.74, 6) is 0.232. The van der Waals surface area contributed by atoms with Crippen molar-refractivity contribution in [2.75, 3.05) is 6.54 Å². The number of nitrogens with two attached hydrogens (primary N) is 1. The van der Waals surface area contributed by atoms with Crippen molar-refractivity contribution in [2.45, 2.75) is 25.9 Å². The van der Waals surface area contributed by atoms with Crippen LogP contribution in [0.1, 0.15) is 13.3 Å². The minimum absolute atomic E-state index is 0.171. The molecule has 1 aromatic rings. The first kappa shape index (κ1) is 11.4. The van der Waals surface area contributed by atoms with Gasteiger partial charge in [-0.3, -0.25) is 4.68 Å². The number of amidine groups is 1. The van der Waals surface area contributed by atoms with Crippen LogP contribution < -0.4 is 11.1 Å². The molecule has 0 aliphatic heterocycles. The molecule has 0 amide bonds. The summed E-state index contributed by atoms with van der Waals surface area (Å²) >= 11 is 0. The first-order chi connectivity index (χ1) is 7.22. The van der Waals surface area contributed by atoms with Gasteiger partial charge in [0.1, 0.15) is 5.84 Å². The molecule has 0 bridgehead atoms. The second-order valence-electron chi connectivity index (χ2n) is 3.32. The second kappa shape index (κ2) is 5.97. The van der Waals surface area contributed by atoms with Crippen LogP contribution in [0.3, 0.4) is 0 Å². The Bertz CT molecular complexity index is 296.